The number of hydrogen-bond donors (Lipinski definition) is 1. The van der Waals surface area contributed by atoms with Crippen molar-refractivity contribution < 1.29 is 4.79 Å². The van der Waals surface area contributed by atoms with E-state index < -0.39 is 0 Å². The Morgan fingerprint density at radius 1 is 1.17 bits per heavy atom. The van der Waals surface area contributed by atoms with Gasteiger partial charge in [0.1, 0.15) is 0 Å². The molecule has 122 valence electrons. The van der Waals surface area contributed by atoms with E-state index in [1.165, 1.54) is 29.7 Å². The van der Waals surface area contributed by atoms with Crippen molar-refractivity contribution in [1.29, 1.82) is 0 Å². The third kappa shape index (κ3) is 4.43. The number of rotatable bonds is 5. The molecule has 1 amide bonds. The average Bonchev–Trinajstić information content (AvgIpc) is 3.09. The second-order valence-corrected chi connectivity index (χ2v) is 7.24. The minimum Gasteiger partial charge on any atom is -0.343 e. The molecule has 0 spiro atoms. The highest BCUT2D eigenvalue weighted by atomic mass is 32.1. The number of carbonyl (C=O) groups is 1. The van der Waals surface area contributed by atoms with Crippen LogP contribution in [0, 0.1) is 6.92 Å². The number of carbonyl (C=O) groups excluding carboxylic acids is 1. The summed E-state index contributed by atoms with van der Waals surface area (Å²) < 4.78 is 0. The molecule has 2 heterocycles. The standard InChI is InChI=1S/C19H24N2OS/c1-15-7-9-16(10-8-15)19(17-6-5-13-23-17)20-18(22)14-21-11-3-2-4-12-21/h5-10,13,19H,2-4,11-12,14H2,1H3,(H,20,22). The fourth-order valence-corrected chi connectivity index (χ4v) is 3.86. The molecule has 2 aromatic rings. The van der Waals surface area contributed by atoms with Gasteiger partial charge in [0.15, 0.2) is 0 Å². The molecule has 0 radical (unpaired) electrons. The molecule has 1 aliphatic rings. The second kappa shape index (κ2) is 7.75. The number of amides is 1. The Hall–Kier alpha value is -1.65. The lowest BCUT2D eigenvalue weighted by Crippen LogP contribution is -2.41. The van der Waals surface area contributed by atoms with Crippen LogP contribution in [0.2, 0.25) is 0 Å². The van der Waals surface area contributed by atoms with Crippen LogP contribution in [0.4, 0.5) is 0 Å². The lowest BCUT2D eigenvalue weighted by atomic mass is 10.0. The minimum absolute atomic E-state index is 0.0482. The maximum Gasteiger partial charge on any atom is 0.234 e. The molecular weight excluding hydrogens is 304 g/mol. The van der Waals surface area contributed by atoms with Gasteiger partial charge < -0.3 is 5.32 Å². The van der Waals surface area contributed by atoms with E-state index >= 15 is 0 Å². The summed E-state index contributed by atoms with van der Waals surface area (Å²) in [6.45, 7) is 4.68. The van der Waals surface area contributed by atoms with Gasteiger partial charge in [0.05, 0.1) is 12.6 Å². The molecule has 1 saturated heterocycles. The molecule has 1 aliphatic heterocycles. The highest BCUT2D eigenvalue weighted by Crippen LogP contribution is 2.26. The molecule has 1 aromatic heterocycles. The summed E-state index contributed by atoms with van der Waals surface area (Å²) in [6.07, 6.45) is 3.71. The second-order valence-electron chi connectivity index (χ2n) is 6.26. The van der Waals surface area contributed by atoms with Gasteiger partial charge in [-0.15, -0.1) is 11.3 Å². The SMILES string of the molecule is Cc1ccc(C(NC(=O)CN2CCCCC2)c2cccs2)cc1. The molecule has 3 nitrogen and oxygen atoms in total. The largest absolute Gasteiger partial charge is 0.343 e. The number of nitrogens with zero attached hydrogens (tertiary/aromatic N) is 1. The predicted octanol–water partition coefficient (Wildman–Crippen LogP) is 3.75. The molecule has 23 heavy (non-hydrogen) atoms. The van der Waals surface area contributed by atoms with Crippen molar-refractivity contribution in [3.05, 3.63) is 57.8 Å². The first-order valence-corrected chi connectivity index (χ1v) is 9.22. The number of benzene rings is 1. The molecule has 0 saturated carbocycles. The summed E-state index contributed by atoms with van der Waals surface area (Å²) in [5, 5.41) is 5.30. The molecule has 3 rings (SSSR count). The van der Waals surface area contributed by atoms with E-state index in [4.69, 9.17) is 0 Å². The number of likely N-dealkylation sites (tertiary alicyclic amines) is 1. The van der Waals surface area contributed by atoms with Crippen LogP contribution in [-0.4, -0.2) is 30.4 Å². The highest BCUT2D eigenvalue weighted by Gasteiger charge is 2.20. The summed E-state index contributed by atoms with van der Waals surface area (Å²) in [5.74, 6) is 0.117. The lowest BCUT2D eigenvalue weighted by molar-refractivity contribution is -0.122. The fraction of sp³-hybridized carbons (Fsp3) is 0.421. The fourth-order valence-electron chi connectivity index (χ4n) is 3.06. The molecule has 1 fully saturated rings. The van der Waals surface area contributed by atoms with Crippen LogP contribution in [0.1, 0.15) is 41.3 Å². The number of hydrogen-bond acceptors (Lipinski definition) is 3. The van der Waals surface area contributed by atoms with E-state index in [9.17, 15) is 4.79 Å². The number of aryl methyl sites for hydroxylation is 1. The molecule has 1 unspecified atom stereocenters. The van der Waals surface area contributed by atoms with Crippen LogP contribution in [0.15, 0.2) is 41.8 Å². The van der Waals surface area contributed by atoms with Crippen LogP contribution in [0.5, 0.6) is 0 Å². The molecule has 4 heteroatoms. The molecule has 0 bridgehead atoms. The Morgan fingerprint density at radius 3 is 2.57 bits per heavy atom. The van der Waals surface area contributed by atoms with Crippen LogP contribution in [0.3, 0.4) is 0 Å². The zero-order valence-electron chi connectivity index (χ0n) is 13.6. The average molecular weight is 328 g/mol. The molecule has 1 aromatic carbocycles. The topological polar surface area (TPSA) is 32.3 Å². The highest BCUT2D eigenvalue weighted by molar-refractivity contribution is 7.10. The van der Waals surface area contributed by atoms with Crippen LogP contribution in [0.25, 0.3) is 0 Å². The van der Waals surface area contributed by atoms with E-state index in [1.807, 2.05) is 6.07 Å². The Balaban J connectivity index is 1.71. The zero-order valence-corrected chi connectivity index (χ0v) is 14.4. The summed E-state index contributed by atoms with van der Waals surface area (Å²) in [7, 11) is 0. The van der Waals surface area contributed by atoms with Crippen molar-refractivity contribution in [2.75, 3.05) is 19.6 Å². The Morgan fingerprint density at radius 2 is 1.91 bits per heavy atom. The van der Waals surface area contributed by atoms with Gasteiger partial charge in [-0.1, -0.05) is 42.3 Å². The number of piperidine rings is 1. The van der Waals surface area contributed by atoms with Crippen LogP contribution >= 0.6 is 11.3 Å². The van der Waals surface area contributed by atoms with Gasteiger partial charge >= 0.3 is 0 Å². The first kappa shape index (κ1) is 16.2. The minimum atomic E-state index is -0.0482. The third-order valence-electron chi connectivity index (χ3n) is 4.36. The molecular formula is C19H24N2OS. The molecule has 1 N–H and O–H groups in total. The van der Waals surface area contributed by atoms with E-state index in [-0.39, 0.29) is 11.9 Å². The van der Waals surface area contributed by atoms with Gasteiger partial charge in [0.2, 0.25) is 5.91 Å². The van der Waals surface area contributed by atoms with Crippen molar-refractivity contribution in [1.82, 2.24) is 10.2 Å². The van der Waals surface area contributed by atoms with E-state index in [0.717, 1.165) is 18.7 Å². The summed E-state index contributed by atoms with van der Waals surface area (Å²) in [4.78, 5) is 16.0. The lowest BCUT2D eigenvalue weighted by Gasteiger charge is -2.27. The van der Waals surface area contributed by atoms with E-state index in [2.05, 4.69) is 52.9 Å². The van der Waals surface area contributed by atoms with E-state index in [0.29, 0.717) is 6.54 Å². The van der Waals surface area contributed by atoms with Crippen LogP contribution < -0.4 is 5.32 Å². The zero-order chi connectivity index (χ0) is 16.1. The summed E-state index contributed by atoms with van der Waals surface area (Å²) in [6, 6.07) is 12.5. The quantitative estimate of drug-likeness (QED) is 0.906. The Labute approximate surface area is 142 Å². The van der Waals surface area contributed by atoms with Crippen LogP contribution in [-0.2, 0) is 4.79 Å². The Bertz CT molecular complexity index is 615. The van der Waals surface area contributed by atoms with Gasteiger partial charge in [-0.25, -0.2) is 0 Å². The van der Waals surface area contributed by atoms with E-state index in [1.54, 1.807) is 11.3 Å². The predicted molar refractivity (Wildman–Crippen MR) is 95.8 cm³/mol. The number of nitrogens with one attached hydrogen (secondary N) is 1. The third-order valence-corrected chi connectivity index (χ3v) is 5.30. The summed E-state index contributed by atoms with van der Waals surface area (Å²) >= 11 is 1.69. The summed E-state index contributed by atoms with van der Waals surface area (Å²) in [5.41, 5.74) is 2.38. The molecule has 0 aliphatic carbocycles. The van der Waals surface area contributed by atoms with Crippen molar-refractivity contribution in [3.63, 3.8) is 0 Å². The van der Waals surface area contributed by atoms with Crippen molar-refractivity contribution in [3.8, 4) is 0 Å². The van der Waals surface area contributed by atoms with Gasteiger partial charge in [-0.05, 0) is 49.9 Å². The smallest absolute Gasteiger partial charge is 0.234 e. The van der Waals surface area contributed by atoms with Crippen molar-refractivity contribution in [2.45, 2.75) is 32.2 Å². The van der Waals surface area contributed by atoms with Gasteiger partial charge in [-0.3, -0.25) is 9.69 Å². The number of thiophene rings is 1. The first-order valence-electron chi connectivity index (χ1n) is 8.34. The van der Waals surface area contributed by atoms with Gasteiger partial charge in [0.25, 0.3) is 0 Å². The maximum absolute atomic E-state index is 12.5. The van der Waals surface area contributed by atoms with Crippen molar-refractivity contribution in [2.24, 2.45) is 0 Å². The van der Waals surface area contributed by atoms with Gasteiger partial charge in [-0.2, -0.15) is 0 Å². The monoisotopic (exact) mass is 328 g/mol. The van der Waals surface area contributed by atoms with Gasteiger partial charge in [0, 0.05) is 4.88 Å². The van der Waals surface area contributed by atoms with Crippen molar-refractivity contribution >= 4 is 17.2 Å². The molecule has 1 atom stereocenters. The normalized spacial score (nSPS) is 16.9. The maximum atomic E-state index is 12.5. The first-order chi connectivity index (χ1) is 11.2. The Kier molecular flexibility index (Phi) is 5.47.